The molecule has 0 aromatic heterocycles. The van der Waals surface area contributed by atoms with Gasteiger partial charge >= 0.3 is 0 Å². The molecule has 1 spiro atoms. The van der Waals surface area contributed by atoms with Crippen molar-refractivity contribution in [3.05, 3.63) is 34.9 Å². The van der Waals surface area contributed by atoms with Crippen molar-refractivity contribution in [3.63, 3.8) is 0 Å². The second-order valence-corrected chi connectivity index (χ2v) is 8.99. The highest BCUT2D eigenvalue weighted by atomic mass is 35.5. The van der Waals surface area contributed by atoms with Crippen LogP contribution >= 0.6 is 23.4 Å². The van der Waals surface area contributed by atoms with Gasteiger partial charge in [-0.05, 0) is 55.5 Å². The van der Waals surface area contributed by atoms with E-state index >= 15 is 0 Å². The number of nitrogens with zero attached hydrogens (tertiary/aromatic N) is 2. The number of likely N-dealkylation sites (tertiary alicyclic amines) is 1. The molecule has 3 aliphatic rings. The quantitative estimate of drug-likeness (QED) is 0.838. The maximum absolute atomic E-state index is 13.1. The molecule has 1 unspecified atom stereocenters. The first-order valence-electron chi connectivity index (χ1n) is 9.22. The van der Waals surface area contributed by atoms with E-state index in [4.69, 9.17) is 11.6 Å². The van der Waals surface area contributed by atoms with E-state index in [0.29, 0.717) is 27.6 Å². The van der Waals surface area contributed by atoms with Crippen molar-refractivity contribution >= 4 is 35.2 Å². The predicted molar refractivity (Wildman–Crippen MR) is 104 cm³/mol. The average molecular weight is 394 g/mol. The normalized spacial score (nSPS) is 25.0. The van der Waals surface area contributed by atoms with E-state index < -0.39 is 0 Å². The summed E-state index contributed by atoms with van der Waals surface area (Å²) in [7, 11) is 0. The van der Waals surface area contributed by atoms with Crippen LogP contribution in [0.1, 0.15) is 29.6 Å². The summed E-state index contributed by atoms with van der Waals surface area (Å²) >= 11 is 7.56. The van der Waals surface area contributed by atoms with E-state index in [-0.39, 0.29) is 17.9 Å². The lowest BCUT2D eigenvalue weighted by molar-refractivity contribution is -0.137. The van der Waals surface area contributed by atoms with Crippen LogP contribution in [0.3, 0.4) is 0 Å². The Bertz CT molecular complexity index is 681. The van der Waals surface area contributed by atoms with Crippen LogP contribution in [0.25, 0.3) is 0 Å². The topological polar surface area (TPSA) is 52.7 Å². The third-order valence-corrected chi connectivity index (χ3v) is 7.25. The van der Waals surface area contributed by atoms with E-state index in [0.717, 1.165) is 39.0 Å². The van der Waals surface area contributed by atoms with Gasteiger partial charge in [-0.25, -0.2) is 0 Å². The lowest BCUT2D eigenvalue weighted by atomic mass is 9.78. The lowest BCUT2D eigenvalue weighted by Gasteiger charge is -2.40. The third-order valence-electron chi connectivity index (χ3n) is 5.99. The van der Waals surface area contributed by atoms with Crippen molar-refractivity contribution in [2.45, 2.75) is 25.3 Å². The molecule has 1 aromatic rings. The van der Waals surface area contributed by atoms with Gasteiger partial charge in [0, 0.05) is 36.0 Å². The second-order valence-electron chi connectivity index (χ2n) is 7.55. The molecule has 0 radical (unpaired) electrons. The summed E-state index contributed by atoms with van der Waals surface area (Å²) in [5, 5.41) is 4.06. The van der Waals surface area contributed by atoms with Gasteiger partial charge in [0.1, 0.15) is 6.04 Å². The summed E-state index contributed by atoms with van der Waals surface area (Å²) in [6, 6.07) is 6.54. The lowest BCUT2D eigenvalue weighted by Crippen LogP contribution is -2.52. The number of amides is 2. The Morgan fingerprint density at radius 3 is 2.54 bits per heavy atom. The summed E-state index contributed by atoms with van der Waals surface area (Å²) in [5.41, 5.74) is 0.976. The molecule has 1 N–H and O–H groups in total. The number of carbonyl (C=O) groups excluding carboxylic acids is 2. The molecule has 0 saturated carbocycles. The maximum Gasteiger partial charge on any atom is 0.255 e. The number of carbonyl (C=O) groups is 2. The Morgan fingerprint density at radius 2 is 1.88 bits per heavy atom. The number of nitrogens with one attached hydrogen (secondary N) is 1. The van der Waals surface area contributed by atoms with E-state index in [2.05, 4.69) is 5.32 Å². The molecular weight excluding hydrogens is 370 g/mol. The molecule has 7 heteroatoms. The molecule has 26 heavy (non-hydrogen) atoms. The summed E-state index contributed by atoms with van der Waals surface area (Å²) in [5.74, 6) is 1.28. The first-order chi connectivity index (χ1) is 12.6. The van der Waals surface area contributed by atoms with Gasteiger partial charge in [-0.15, -0.1) is 11.8 Å². The zero-order valence-corrected chi connectivity index (χ0v) is 16.3. The number of hydrogen-bond donors (Lipinski definition) is 1. The molecule has 3 fully saturated rings. The van der Waals surface area contributed by atoms with Gasteiger partial charge in [-0.3, -0.25) is 9.59 Å². The summed E-state index contributed by atoms with van der Waals surface area (Å²) in [6.45, 7) is 3.79. The van der Waals surface area contributed by atoms with Gasteiger partial charge in [0.05, 0.1) is 5.88 Å². The van der Waals surface area contributed by atoms with Gasteiger partial charge in [0.15, 0.2) is 0 Å². The molecular formula is C19H24ClN3O2S. The second kappa shape index (κ2) is 7.41. The van der Waals surface area contributed by atoms with Crippen LogP contribution in [-0.2, 0) is 4.79 Å². The molecule has 0 aliphatic carbocycles. The minimum absolute atomic E-state index is 0.0847. The minimum Gasteiger partial charge on any atom is -0.341 e. The standard InChI is InChI=1S/C19H24ClN3O2S/c20-15-3-1-14(2-4-15)17(24)23-13-26-11-16(23)18(25)22-9-6-19(7-10-22)5-8-21-12-19/h1-4,16,21H,5-13H2. The molecule has 0 bridgehead atoms. The number of hydrogen-bond acceptors (Lipinski definition) is 4. The molecule has 5 nitrogen and oxygen atoms in total. The van der Waals surface area contributed by atoms with Crippen molar-refractivity contribution in [1.82, 2.24) is 15.1 Å². The van der Waals surface area contributed by atoms with Crippen molar-refractivity contribution in [3.8, 4) is 0 Å². The minimum atomic E-state index is -0.348. The van der Waals surface area contributed by atoms with E-state index in [1.54, 1.807) is 40.9 Å². The predicted octanol–water partition coefficient (Wildman–Crippen LogP) is 2.46. The van der Waals surface area contributed by atoms with Crippen LogP contribution in [0.15, 0.2) is 24.3 Å². The Balaban J connectivity index is 1.42. The first-order valence-corrected chi connectivity index (χ1v) is 10.8. The number of thioether (sulfide) groups is 1. The smallest absolute Gasteiger partial charge is 0.255 e. The van der Waals surface area contributed by atoms with Crippen LogP contribution in [-0.4, -0.2) is 65.5 Å². The fourth-order valence-electron chi connectivity index (χ4n) is 4.24. The number of halogens is 1. The molecule has 140 valence electrons. The molecule has 3 saturated heterocycles. The van der Waals surface area contributed by atoms with Gasteiger partial charge in [-0.2, -0.15) is 0 Å². The molecule has 1 aromatic carbocycles. The van der Waals surface area contributed by atoms with Crippen LogP contribution < -0.4 is 5.32 Å². The summed E-state index contributed by atoms with van der Waals surface area (Å²) in [4.78, 5) is 29.6. The van der Waals surface area contributed by atoms with Crippen molar-refractivity contribution in [2.75, 3.05) is 37.8 Å². The van der Waals surface area contributed by atoms with Gasteiger partial charge in [0.2, 0.25) is 5.91 Å². The van der Waals surface area contributed by atoms with Crippen molar-refractivity contribution in [1.29, 1.82) is 0 Å². The summed E-state index contributed by atoms with van der Waals surface area (Å²) in [6.07, 6.45) is 3.35. The summed E-state index contributed by atoms with van der Waals surface area (Å²) < 4.78 is 0. The highest BCUT2D eigenvalue weighted by Gasteiger charge is 2.42. The van der Waals surface area contributed by atoms with Crippen molar-refractivity contribution < 1.29 is 9.59 Å². The first kappa shape index (κ1) is 18.1. The van der Waals surface area contributed by atoms with Gasteiger partial charge in [0.25, 0.3) is 5.91 Å². The molecule has 4 rings (SSSR count). The fourth-order valence-corrected chi connectivity index (χ4v) is 5.51. The van der Waals surface area contributed by atoms with Crippen LogP contribution in [0.2, 0.25) is 5.02 Å². The monoisotopic (exact) mass is 393 g/mol. The number of rotatable bonds is 2. The van der Waals surface area contributed by atoms with Crippen LogP contribution in [0.4, 0.5) is 0 Å². The van der Waals surface area contributed by atoms with Gasteiger partial charge < -0.3 is 15.1 Å². The highest BCUT2D eigenvalue weighted by molar-refractivity contribution is 7.99. The molecule has 2 amide bonds. The van der Waals surface area contributed by atoms with Gasteiger partial charge in [-0.1, -0.05) is 11.6 Å². The Morgan fingerprint density at radius 1 is 1.15 bits per heavy atom. The van der Waals surface area contributed by atoms with Crippen molar-refractivity contribution in [2.24, 2.45) is 5.41 Å². The Kier molecular flexibility index (Phi) is 5.17. The maximum atomic E-state index is 13.1. The Hall–Kier alpha value is -1.24. The van der Waals surface area contributed by atoms with Crippen LogP contribution in [0.5, 0.6) is 0 Å². The molecule has 3 aliphatic heterocycles. The average Bonchev–Trinajstić information content (AvgIpc) is 3.32. The molecule has 1 atom stereocenters. The fraction of sp³-hybridized carbons (Fsp3) is 0.579. The third kappa shape index (κ3) is 3.47. The Labute approximate surface area is 163 Å². The zero-order valence-electron chi connectivity index (χ0n) is 14.7. The van der Waals surface area contributed by atoms with E-state index in [1.807, 2.05) is 4.90 Å². The van der Waals surface area contributed by atoms with E-state index in [9.17, 15) is 9.59 Å². The number of piperidine rings is 1. The highest BCUT2D eigenvalue weighted by Crippen LogP contribution is 2.37. The zero-order chi connectivity index (χ0) is 18.1. The molecule has 3 heterocycles. The number of benzene rings is 1. The SMILES string of the molecule is O=C(C1CSCN1C(=O)c1ccc(Cl)cc1)N1CCC2(CCNC2)CC1. The van der Waals surface area contributed by atoms with E-state index in [1.165, 1.54) is 6.42 Å². The largest absolute Gasteiger partial charge is 0.341 e. The van der Waals surface area contributed by atoms with Crippen LogP contribution in [0, 0.1) is 5.41 Å².